The smallest absolute Gasteiger partial charge is 0.862 e. The van der Waals surface area contributed by atoms with E-state index in [0.29, 0.717) is 0 Å². The van der Waals surface area contributed by atoms with Crippen molar-refractivity contribution in [2.45, 2.75) is 68.3 Å². The first kappa shape index (κ1) is 25.6. The van der Waals surface area contributed by atoms with Crippen LogP contribution in [0, 0.1) is 0 Å². The Bertz CT molecular complexity index is 560. The number of rotatable bonds is 5. The quantitative estimate of drug-likeness (QED) is 0.125. The third kappa shape index (κ3) is 5.38. The number of aliphatic carboxylic acids is 1. The Hall–Kier alpha value is -0.420. The summed E-state index contributed by atoms with van der Waals surface area (Å²) in [7, 11) is 0. The fraction of sp³-hybridized carbons (Fsp3) is 0.857. The van der Waals surface area contributed by atoms with E-state index in [1.165, 1.54) is 0 Å². The first-order chi connectivity index (χ1) is 12.6. The Morgan fingerprint density at radius 3 is 2.18 bits per heavy atom. The van der Waals surface area contributed by atoms with Crippen LogP contribution < -0.4 is 34.7 Å². The molecular formula is C14H22NNaO12. The molecule has 0 saturated carbocycles. The molecule has 10 atom stereocenters. The van der Waals surface area contributed by atoms with E-state index in [0.717, 1.165) is 6.92 Å². The van der Waals surface area contributed by atoms with Crippen LogP contribution in [-0.2, 0) is 19.0 Å². The largest absolute Gasteiger partial charge is 1.00 e. The predicted molar refractivity (Wildman–Crippen MR) is 80.1 cm³/mol. The first-order valence-electron chi connectivity index (χ1n) is 8.00. The molecule has 0 unspecified atom stereocenters. The number of hydrogen-bond acceptors (Lipinski definition) is 12. The van der Waals surface area contributed by atoms with Crippen LogP contribution in [0.1, 0.15) is 6.92 Å². The number of hydrogen-bond donors (Lipinski definition) is 7. The second kappa shape index (κ2) is 10.6. The molecule has 0 amide bonds. The van der Waals surface area contributed by atoms with E-state index in [-0.39, 0.29) is 29.6 Å². The van der Waals surface area contributed by atoms with E-state index >= 15 is 0 Å². The standard InChI is InChI=1S/C14H23NO12.Na/c1-3(17)15-5-7(19)6(18)4(2-16)25-14(5)27-10-8(20)9(21)13(24)26-11(10)12(22)23;/h4-11,13-14,16,18-21,24H,2H2,1H3,(H,15,17)(H,22,23);/q;+1/p-1/t4-,5-,6-,7-,8-,9-,10+,11+,13-,14+;/m1./s1. The van der Waals surface area contributed by atoms with Crippen molar-refractivity contribution in [3.05, 3.63) is 0 Å². The van der Waals surface area contributed by atoms with E-state index in [9.17, 15) is 45.6 Å². The summed E-state index contributed by atoms with van der Waals surface area (Å²) in [5, 5.41) is 79.1. The van der Waals surface area contributed by atoms with Crippen LogP contribution in [0.5, 0.6) is 0 Å². The number of nitrogens with zero attached hydrogens (tertiary/aromatic N) is 1. The van der Waals surface area contributed by atoms with Gasteiger partial charge in [-0.1, -0.05) is 0 Å². The van der Waals surface area contributed by atoms with Crippen LogP contribution in [0.2, 0.25) is 0 Å². The zero-order chi connectivity index (χ0) is 20.5. The number of ether oxygens (including phenoxy) is 3. The molecule has 2 rings (SSSR count). The number of aliphatic imine (C=N–C) groups is 1. The minimum absolute atomic E-state index is 0. The maximum atomic E-state index is 11.3. The van der Waals surface area contributed by atoms with Gasteiger partial charge in [-0.3, -0.25) is 4.99 Å². The van der Waals surface area contributed by atoms with Gasteiger partial charge < -0.3 is 55.1 Å². The van der Waals surface area contributed by atoms with Gasteiger partial charge in [0.05, 0.1) is 6.61 Å². The molecule has 0 bridgehead atoms. The average molecular weight is 419 g/mol. The van der Waals surface area contributed by atoms with Gasteiger partial charge in [0.15, 0.2) is 18.7 Å². The summed E-state index contributed by atoms with van der Waals surface area (Å²) in [5.74, 6) is -2.41. The van der Waals surface area contributed by atoms with E-state index in [1.807, 2.05) is 0 Å². The Balaban J connectivity index is 0.00000392. The summed E-state index contributed by atoms with van der Waals surface area (Å²) in [6.07, 6.45) is -16.0. The summed E-state index contributed by atoms with van der Waals surface area (Å²) in [4.78, 5) is 14.9. The third-order valence-corrected chi connectivity index (χ3v) is 4.28. The molecule has 7 N–H and O–H groups in total. The summed E-state index contributed by atoms with van der Waals surface area (Å²) in [6.45, 7) is 0.297. The molecule has 156 valence electrons. The van der Waals surface area contributed by atoms with Gasteiger partial charge in [0.1, 0.15) is 42.7 Å². The molecular weight excluding hydrogens is 397 g/mol. The molecule has 0 aliphatic carbocycles. The van der Waals surface area contributed by atoms with E-state index in [2.05, 4.69) is 4.99 Å². The van der Waals surface area contributed by atoms with Crippen molar-refractivity contribution in [2.75, 3.05) is 6.61 Å². The molecule has 2 aliphatic rings. The van der Waals surface area contributed by atoms with E-state index in [1.54, 1.807) is 0 Å². The van der Waals surface area contributed by atoms with E-state index in [4.69, 9.17) is 14.2 Å². The van der Waals surface area contributed by atoms with Gasteiger partial charge in [-0.15, -0.1) is 0 Å². The molecule has 0 radical (unpaired) electrons. The molecule has 0 aromatic heterocycles. The zero-order valence-electron chi connectivity index (χ0n) is 15.1. The maximum Gasteiger partial charge on any atom is 1.00 e. The predicted octanol–water partition coefficient (Wildman–Crippen LogP) is -8.51. The van der Waals surface area contributed by atoms with Gasteiger partial charge in [0, 0.05) is 0 Å². The fourth-order valence-electron chi connectivity index (χ4n) is 2.88. The van der Waals surface area contributed by atoms with Crippen molar-refractivity contribution >= 4 is 11.9 Å². The monoisotopic (exact) mass is 419 g/mol. The Labute approximate surface area is 181 Å². The molecule has 2 heterocycles. The van der Waals surface area contributed by atoms with Crippen LogP contribution in [-0.4, -0.2) is 116 Å². The van der Waals surface area contributed by atoms with Gasteiger partial charge in [-0.2, -0.15) is 0 Å². The van der Waals surface area contributed by atoms with Crippen molar-refractivity contribution < 1.29 is 89.4 Å². The summed E-state index contributed by atoms with van der Waals surface area (Å²) in [6, 6.07) is -1.52. The average Bonchev–Trinajstić information content (AvgIpc) is 2.60. The van der Waals surface area contributed by atoms with Crippen molar-refractivity contribution in [1.82, 2.24) is 0 Å². The van der Waals surface area contributed by atoms with Crippen LogP contribution in [0.25, 0.3) is 0 Å². The van der Waals surface area contributed by atoms with Gasteiger partial charge in [-0.25, -0.2) is 4.79 Å². The molecule has 2 aliphatic heterocycles. The number of aliphatic hydroxyl groups excluding tert-OH is 6. The second-order valence-electron chi connectivity index (χ2n) is 6.21. The molecule has 13 nitrogen and oxygen atoms in total. The Morgan fingerprint density at radius 2 is 1.68 bits per heavy atom. The minimum atomic E-state index is -2.00. The SMILES string of the molecule is CC([O-])=N[C@H]1[C@H](O[C@H]2[C@H](O)[C@@H](O)[C@H](O)O[C@@H]2C(=O)O)O[C@H](CO)[C@@H](O)[C@@H]1O.[Na+]. The van der Waals surface area contributed by atoms with Gasteiger partial charge in [-0.05, 0) is 12.8 Å². The summed E-state index contributed by atoms with van der Waals surface area (Å²) in [5.41, 5.74) is 0. The van der Waals surface area contributed by atoms with Crippen molar-refractivity contribution in [3.63, 3.8) is 0 Å². The normalized spacial score (nSPS) is 44.6. The number of aliphatic hydroxyl groups is 6. The summed E-state index contributed by atoms with van der Waals surface area (Å²) >= 11 is 0. The topological polar surface area (TPSA) is 222 Å². The molecule has 28 heavy (non-hydrogen) atoms. The molecule has 0 spiro atoms. The third-order valence-electron chi connectivity index (χ3n) is 4.28. The van der Waals surface area contributed by atoms with Crippen molar-refractivity contribution in [3.8, 4) is 0 Å². The van der Waals surface area contributed by atoms with Crippen LogP contribution in [0.4, 0.5) is 0 Å². The van der Waals surface area contributed by atoms with Crippen LogP contribution >= 0.6 is 0 Å². The van der Waals surface area contributed by atoms with Gasteiger partial charge >= 0.3 is 35.5 Å². The first-order valence-corrected chi connectivity index (χ1v) is 8.00. The van der Waals surface area contributed by atoms with Crippen LogP contribution in [0.15, 0.2) is 4.99 Å². The number of carboxylic acid groups (broad SMARTS) is 1. The van der Waals surface area contributed by atoms with E-state index < -0.39 is 79.8 Å². The molecule has 2 saturated heterocycles. The molecule has 2 fully saturated rings. The zero-order valence-corrected chi connectivity index (χ0v) is 17.1. The fourth-order valence-corrected chi connectivity index (χ4v) is 2.88. The molecule has 0 aromatic carbocycles. The minimum Gasteiger partial charge on any atom is -0.862 e. The number of carbonyl (C=O) groups is 1. The van der Waals surface area contributed by atoms with Crippen molar-refractivity contribution in [1.29, 1.82) is 0 Å². The Kier molecular flexibility index (Phi) is 9.66. The maximum absolute atomic E-state index is 11.3. The van der Waals surface area contributed by atoms with Gasteiger partial charge in [0.2, 0.25) is 0 Å². The molecule has 14 heteroatoms. The second-order valence-corrected chi connectivity index (χ2v) is 6.21. The number of carboxylic acids is 1. The van der Waals surface area contributed by atoms with Gasteiger partial charge in [0.25, 0.3) is 0 Å². The van der Waals surface area contributed by atoms with Crippen LogP contribution in [0.3, 0.4) is 0 Å². The molecule has 0 aromatic rings. The summed E-state index contributed by atoms with van der Waals surface area (Å²) < 4.78 is 15.3. The Morgan fingerprint density at radius 1 is 1.07 bits per heavy atom. The van der Waals surface area contributed by atoms with Crippen molar-refractivity contribution in [2.24, 2.45) is 4.99 Å².